The van der Waals surface area contributed by atoms with Crippen molar-refractivity contribution in [2.45, 2.75) is 24.5 Å². The molecule has 11 heavy (non-hydrogen) atoms. The normalized spacial score (nSPS) is 10.9. The van der Waals surface area contributed by atoms with Gasteiger partial charge in [-0.25, -0.2) is 4.79 Å². The van der Waals surface area contributed by atoms with E-state index in [0.717, 1.165) is 0 Å². The van der Waals surface area contributed by atoms with Crippen molar-refractivity contribution in [3.8, 4) is 0 Å². The molecule has 0 spiro atoms. The summed E-state index contributed by atoms with van der Waals surface area (Å²) >= 11 is 8.00. The van der Waals surface area contributed by atoms with Gasteiger partial charge in [0.05, 0.1) is 0 Å². The zero-order valence-corrected chi connectivity index (χ0v) is 8.41. The fraction of sp³-hybridized carbons (Fsp3) is 0.571. The van der Waals surface area contributed by atoms with Crippen LogP contribution in [0.4, 0.5) is 0 Å². The van der Waals surface area contributed by atoms with Crippen molar-refractivity contribution in [2.24, 2.45) is 0 Å². The first kappa shape index (κ1) is 10.9. The second kappa shape index (κ2) is 4.07. The minimum atomic E-state index is -0.976. The fourth-order valence-electron chi connectivity index (χ4n) is 0.308. The zero-order chi connectivity index (χ0) is 9.07. The molecule has 0 atom stereocenters. The van der Waals surface area contributed by atoms with Crippen LogP contribution in [0.15, 0.2) is 12.2 Å². The average molecular weight is 192 g/mol. The SMILES string of the molecule is C=C(C)C(=O)OC(S)(S)CC. The van der Waals surface area contributed by atoms with Gasteiger partial charge in [-0.3, -0.25) is 0 Å². The van der Waals surface area contributed by atoms with Gasteiger partial charge in [-0.2, -0.15) is 0 Å². The summed E-state index contributed by atoms with van der Waals surface area (Å²) in [6.45, 7) is 6.84. The summed E-state index contributed by atoms with van der Waals surface area (Å²) in [5, 5.41) is 0. The Labute approximate surface area is 77.8 Å². The molecule has 0 saturated carbocycles. The van der Waals surface area contributed by atoms with E-state index in [2.05, 4.69) is 31.8 Å². The largest absolute Gasteiger partial charge is 0.435 e. The third kappa shape index (κ3) is 4.37. The first-order chi connectivity index (χ1) is 4.89. The van der Waals surface area contributed by atoms with Crippen molar-refractivity contribution < 1.29 is 9.53 Å². The van der Waals surface area contributed by atoms with E-state index in [1.54, 1.807) is 6.92 Å². The van der Waals surface area contributed by atoms with Crippen molar-refractivity contribution in [2.75, 3.05) is 0 Å². The van der Waals surface area contributed by atoms with Gasteiger partial charge in [-0.15, -0.1) is 25.3 Å². The molecule has 0 aromatic carbocycles. The molecule has 0 aromatic heterocycles. The molecule has 0 radical (unpaired) electrons. The van der Waals surface area contributed by atoms with Crippen molar-refractivity contribution in [3.05, 3.63) is 12.2 Å². The van der Waals surface area contributed by atoms with Gasteiger partial charge in [-0.05, 0) is 6.92 Å². The third-order valence-corrected chi connectivity index (χ3v) is 1.88. The Balaban J connectivity index is 4.04. The van der Waals surface area contributed by atoms with Gasteiger partial charge in [-0.1, -0.05) is 13.5 Å². The fourth-order valence-corrected chi connectivity index (χ4v) is 0.474. The maximum absolute atomic E-state index is 10.9. The third-order valence-electron chi connectivity index (χ3n) is 1.07. The van der Waals surface area contributed by atoms with Crippen LogP contribution in [0.2, 0.25) is 0 Å². The summed E-state index contributed by atoms with van der Waals surface area (Å²) < 4.78 is 3.86. The standard InChI is InChI=1S/C7H12O2S2/c1-4-7(10,11)9-6(8)5(2)3/h10-11H,2,4H2,1,3H3. The Hall–Kier alpha value is -0.0900. The highest BCUT2D eigenvalue weighted by Crippen LogP contribution is 2.25. The van der Waals surface area contributed by atoms with Gasteiger partial charge in [0.25, 0.3) is 0 Å². The molecule has 0 N–H and O–H groups in total. The highest BCUT2D eigenvalue weighted by atomic mass is 32.2. The summed E-state index contributed by atoms with van der Waals surface area (Å²) in [4.78, 5) is 10.9. The lowest BCUT2D eigenvalue weighted by atomic mass is 10.4. The molecule has 0 aliphatic rings. The van der Waals surface area contributed by atoms with Gasteiger partial charge in [0.2, 0.25) is 0 Å². The van der Waals surface area contributed by atoms with E-state index >= 15 is 0 Å². The van der Waals surface area contributed by atoms with E-state index in [1.807, 2.05) is 6.92 Å². The van der Waals surface area contributed by atoms with Gasteiger partial charge in [0, 0.05) is 12.0 Å². The molecule has 0 aromatic rings. The second-order valence-corrected chi connectivity index (χ2v) is 4.06. The van der Waals surface area contributed by atoms with Crippen molar-refractivity contribution >= 4 is 31.2 Å². The van der Waals surface area contributed by atoms with E-state index in [-0.39, 0.29) is 0 Å². The molecule has 0 amide bonds. The topological polar surface area (TPSA) is 26.3 Å². The van der Waals surface area contributed by atoms with Crippen molar-refractivity contribution in [1.82, 2.24) is 0 Å². The summed E-state index contributed by atoms with van der Waals surface area (Å²) in [6, 6.07) is 0. The van der Waals surface area contributed by atoms with Crippen LogP contribution in [0.25, 0.3) is 0 Å². The highest BCUT2D eigenvalue weighted by molar-refractivity contribution is 8.00. The quantitative estimate of drug-likeness (QED) is 0.310. The molecule has 0 rings (SSSR count). The number of esters is 1. The van der Waals surface area contributed by atoms with Crippen LogP contribution in [0.3, 0.4) is 0 Å². The van der Waals surface area contributed by atoms with E-state index < -0.39 is 10.2 Å². The van der Waals surface area contributed by atoms with Gasteiger partial charge < -0.3 is 4.74 Å². The first-order valence-electron chi connectivity index (χ1n) is 3.22. The van der Waals surface area contributed by atoms with Crippen LogP contribution in [0, 0.1) is 0 Å². The highest BCUT2D eigenvalue weighted by Gasteiger charge is 2.22. The molecule has 0 bridgehead atoms. The van der Waals surface area contributed by atoms with Crippen LogP contribution < -0.4 is 0 Å². The van der Waals surface area contributed by atoms with Gasteiger partial charge in [0.1, 0.15) is 0 Å². The predicted molar refractivity (Wildman–Crippen MR) is 51.9 cm³/mol. The lowest BCUT2D eigenvalue weighted by Crippen LogP contribution is -2.22. The van der Waals surface area contributed by atoms with E-state index in [4.69, 9.17) is 4.74 Å². The van der Waals surface area contributed by atoms with Crippen LogP contribution in [0.1, 0.15) is 20.3 Å². The first-order valence-corrected chi connectivity index (χ1v) is 4.12. The lowest BCUT2D eigenvalue weighted by Gasteiger charge is -2.20. The van der Waals surface area contributed by atoms with Crippen LogP contribution in [-0.4, -0.2) is 10.2 Å². The van der Waals surface area contributed by atoms with Gasteiger partial charge in [0.15, 0.2) is 4.27 Å². The number of hydrogen-bond acceptors (Lipinski definition) is 4. The minimum absolute atomic E-state index is 0.353. The molecule has 0 aliphatic heterocycles. The van der Waals surface area contributed by atoms with Crippen LogP contribution in [0.5, 0.6) is 0 Å². The maximum atomic E-state index is 10.9. The predicted octanol–water partition coefficient (Wildman–Crippen LogP) is 2.03. The molecule has 0 aliphatic carbocycles. The molecule has 4 heteroatoms. The van der Waals surface area contributed by atoms with Crippen LogP contribution in [-0.2, 0) is 9.53 Å². The number of carbonyl (C=O) groups is 1. The summed E-state index contributed by atoms with van der Waals surface area (Å²) in [6.07, 6.45) is 0.540. The van der Waals surface area contributed by atoms with Crippen molar-refractivity contribution in [1.29, 1.82) is 0 Å². The molecule has 0 unspecified atom stereocenters. The average Bonchev–Trinajstić information content (AvgIpc) is 1.87. The zero-order valence-electron chi connectivity index (χ0n) is 6.63. The number of ether oxygens (including phenoxy) is 1. The number of rotatable bonds is 3. The Morgan fingerprint density at radius 2 is 2.09 bits per heavy atom. The molecular formula is C7H12O2S2. The number of hydrogen-bond donors (Lipinski definition) is 2. The number of carbonyl (C=O) groups excluding carboxylic acids is 1. The smallest absolute Gasteiger partial charge is 0.335 e. The molecule has 0 saturated heterocycles. The Kier molecular flexibility index (Phi) is 4.03. The van der Waals surface area contributed by atoms with E-state index in [0.29, 0.717) is 12.0 Å². The second-order valence-electron chi connectivity index (χ2n) is 2.27. The maximum Gasteiger partial charge on any atom is 0.335 e. The molecule has 0 fully saturated rings. The van der Waals surface area contributed by atoms with Crippen molar-refractivity contribution in [3.63, 3.8) is 0 Å². The van der Waals surface area contributed by atoms with E-state index in [9.17, 15) is 4.79 Å². The Morgan fingerprint density at radius 3 is 2.36 bits per heavy atom. The molecular weight excluding hydrogens is 180 g/mol. The monoisotopic (exact) mass is 192 g/mol. The Bertz CT molecular complexity index is 175. The molecule has 64 valence electrons. The Morgan fingerprint density at radius 1 is 1.64 bits per heavy atom. The minimum Gasteiger partial charge on any atom is -0.435 e. The van der Waals surface area contributed by atoms with E-state index in [1.165, 1.54) is 0 Å². The summed E-state index contributed by atoms with van der Waals surface area (Å²) in [7, 11) is 0. The lowest BCUT2D eigenvalue weighted by molar-refractivity contribution is -0.141. The summed E-state index contributed by atoms with van der Waals surface area (Å²) in [5.41, 5.74) is 0.353. The summed E-state index contributed by atoms with van der Waals surface area (Å²) in [5.74, 6) is -0.461. The molecule has 0 heterocycles. The van der Waals surface area contributed by atoms with Gasteiger partial charge >= 0.3 is 5.97 Å². The molecule has 2 nitrogen and oxygen atoms in total. The van der Waals surface area contributed by atoms with Crippen LogP contribution >= 0.6 is 25.3 Å². The number of thiol groups is 2.